The highest BCUT2D eigenvalue weighted by molar-refractivity contribution is 7.91. The van der Waals surface area contributed by atoms with Crippen LogP contribution >= 0.6 is 0 Å². The molecule has 4 amide bonds. The minimum atomic E-state index is -3.91. The Morgan fingerprint density at radius 1 is 1.04 bits per heavy atom. The van der Waals surface area contributed by atoms with Crippen LogP contribution < -0.4 is 24.8 Å². The van der Waals surface area contributed by atoms with E-state index < -0.39 is 80.3 Å². The number of hydrogen-bond donors (Lipinski definition) is 3. The van der Waals surface area contributed by atoms with Crippen LogP contribution in [0.4, 0.5) is 4.79 Å². The maximum absolute atomic E-state index is 14.2. The van der Waals surface area contributed by atoms with Gasteiger partial charge in [0, 0.05) is 12.3 Å². The second-order valence-corrected chi connectivity index (χ2v) is 16.5. The van der Waals surface area contributed by atoms with E-state index in [4.69, 9.17) is 18.9 Å². The topological polar surface area (TPSA) is 196 Å². The normalized spacial score (nSPS) is 28.3. The summed E-state index contributed by atoms with van der Waals surface area (Å²) in [5, 5.41) is 4.81. The number of amides is 4. The highest BCUT2D eigenvalue weighted by Crippen LogP contribution is 2.46. The van der Waals surface area contributed by atoms with Gasteiger partial charge in [-0.15, -0.1) is 0 Å². The van der Waals surface area contributed by atoms with Crippen LogP contribution in [0, 0.1) is 5.92 Å². The fourth-order valence-electron chi connectivity index (χ4n) is 6.54. The number of nitrogens with one attached hydrogen (secondary N) is 3. The summed E-state index contributed by atoms with van der Waals surface area (Å²) >= 11 is 0. The molecular formula is C34H44N4O11S. The summed E-state index contributed by atoms with van der Waals surface area (Å²) in [6.45, 7) is 4.95. The smallest absolute Gasteiger partial charge is 0.408 e. The molecule has 0 radical (unpaired) electrons. The van der Waals surface area contributed by atoms with Crippen LogP contribution in [0.2, 0.25) is 0 Å². The van der Waals surface area contributed by atoms with Gasteiger partial charge in [-0.05, 0) is 77.5 Å². The number of nitrogens with zero attached hydrogens (tertiary/aromatic N) is 1. The summed E-state index contributed by atoms with van der Waals surface area (Å²) in [5.74, 6) is -2.42. The van der Waals surface area contributed by atoms with Crippen molar-refractivity contribution in [3.8, 4) is 11.5 Å². The minimum absolute atomic E-state index is 0.0193. The fourth-order valence-corrected chi connectivity index (χ4v) is 7.90. The molecule has 15 nitrogen and oxygen atoms in total. The van der Waals surface area contributed by atoms with Gasteiger partial charge in [-0.2, -0.15) is 0 Å². The number of alkyl carbamates (subject to hydrolysis) is 1. The predicted octanol–water partition coefficient (Wildman–Crippen LogP) is 2.44. The van der Waals surface area contributed by atoms with Crippen LogP contribution in [-0.4, -0.2) is 91.0 Å². The second-order valence-electron chi connectivity index (χ2n) is 14.5. The first-order valence-corrected chi connectivity index (χ1v) is 18.7. The Labute approximate surface area is 290 Å². The molecule has 3 aliphatic heterocycles. The maximum Gasteiger partial charge on any atom is 0.408 e. The minimum Gasteiger partial charge on any atom is -0.457 e. The molecule has 5 unspecified atom stereocenters. The van der Waals surface area contributed by atoms with Crippen molar-refractivity contribution in [2.45, 2.75) is 113 Å². The summed E-state index contributed by atoms with van der Waals surface area (Å²) < 4.78 is 49.5. The van der Waals surface area contributed by atoms with Gasteiger partial charge in [0.25, 0.3) is 5.91 Å². The lowest BCUT2D eigenvalue weighted by molar-refractivity contribution is -0.141. The molecule has 272 valence electrons. The number of ether oxygens (including phenoxy) is 4. The van der Waals surface area contributed by atoms with E-state index in [-0.39, 0.29) is 38.2 Å². The van der Waals surface area contributed by atoms with Gasteiger partial charge in [-0.25, -0.2) is 18.0 Å². The zero-order valence-corrected chi connectivity index (χ0v) is 29.2. The van der Waals surface area contributed by atoms with Gasteiger partial charge >= 0.3 is 12.1 Å². The third kappa shape index (κ3) is 8.00. The Balaban J connectivity index is 1.26. The van der Waals surface area contributed by atoms with Gasteiger partial charge in [0.15, 0.2) is 11.5 Å². The number of allylic oxidation sites excluding steroid dienone is 1. The van der Waals surface area contributed by atoms with Crippen molar-refractivity contribution in [1.29, 1.82) is 0 Å². The largest absolute Gasteiger partial charge is 0.457 e. The van der Waals surface area contributed by atoms with Crippen molar-refractivity contribution in [2.75, 3.05) is 13.3 Å². The molecular weight excluding hydrogens is 672 g/mol. The van der Waals surface area contributed by atoms with Crippen LogP contribution in [0.25, 0.3) is 0 Å². The number of rotatable bonds is 6. The quantitative estimate of drug-likeness (QED) is 0.289. The first kappa shape index (κ1) is 35.5. The molecule has 6 rings (SSSR count). The molecule has 50 heavy (non-hydrogen) atoms. The van der Waals surface area contributed by atoms with E-state index >= 15 is 0 Å². The second kappa shape index (κ2) is 13.8. The van der Waals surface area contributed by atoms with Gasteiger partial charge in [-0.1, -0.05) is 25.0 Å². The average molecular weight is 717 g/mol. The van der Waals surface area contributed by atoms with Crippen molar-refractivity contribution in [2.24, 2.45) is 5.92 Å². The van der Waals surface area contributed by atoms with E-state index in [1.807, 2.05) is 12.2 Å². The first-order valence-electron chi connectivity index (χ1n) is 17.1. The molecule has 0 spiro atoms. The molecule has 5 atom stereocenters. The summed E-state index contributed by atoms with van der Waals surface area (Å²) in [5.41, 5.74) is -2.19. The molecule has 3 N–H and O–H groups in total. The van der Waals surface area contributed by atoms with Crippen molar-refractivity contribution in [1.82, 2.24) is 20.3 Å². The van der Waals surface area contributed by atoms with Crippen LogP contribution in [0.5, 0.6) is 11.5 Å². The number of sulfonamides is 1. The fraction of sp³-hybridized carbons (Fsp3) is 0.618. The number of fused-ring (bicyclic) bond motifs is 3. The molecule has 3 fully saturated rings. The van der Waals surface area contributed by atoms with E-state index in [0.717, 1.165) is 12.8 Å². The summed E-state index contributed by atoms with van der Waals surface area (Å²) in [7, 11) is -3.91. The van der Waals surface area contributed by atoms with Gasteiger partial charge < -0.3 is 34.5 Å². The van der Waals surface area contributed by atoms with Crippen LogP contribution in [-0.2, 0) is 33.9 Å². The predicted molar refractivity (Wildman–Crippen MR) is 176 cm³/mol. The third-order valence-electron chi connectivity index (χ3n) is 9.42. The summed E-state index contributed by atoms with van der Waals surface area (Å²) in [6, 6.07) is 2.31. The highest BCUT2D eigenvalue weighted by Gasteiger charge is 2.62. The van der Waals surface area contributed by atoms with Crippen LogP contribution in [0.1, 0.15) is 88.9 Å². The lowest BCUT2D eigenvalue weighted by Crippen LogP contribution is -2.58. The molecule has 3 heterocycles. The van der Waals surface area contributed by atoms with Gasteiger partial charge in [-0.3, -0.25) is 19.1 Å². The number of hydrogen-bond acceptors (Lipinski definition) is 11. The van der Waals surface area contributed by atoms with Crippen molar-refractivity contribution < 1.29 is 51.3 Å². The lowest BCUT2D eigenvalue weighted by Gasteiger charge is -2.30. The molecule has 0 bridgehead atoms. The molecule has 16 heteroatoms. The Morgan fingerprint density at radius 3 is 2.54 bits per heavy atom. The van der Waals surface area contributed by atoms with Gasteiger partial charge in [0.2, 0.25) is 28.6 Å². The van der Waals surface area contributed by atoms with Crippen LogP contribution in [0.15, 0.2) is 30.4 Å². The Kier molecular flexibility index (Phi) is 9.76. The van der Waals surface area contributed by atoms with Crippen molar-refractivity contribution in [3.05, 3.63) is 35.9 Å². The van der Waals surface area contributed by atoms with E-state index in [0.29, 0.717) is 37.2 Å². The molecule has 2 aliphatic carbocycles. The SMILES string of the molecule is CC(C)(C)OC(=O)NC1CCCCCC=CC2CC2(C(=O)NS(=O)(=O)C2CC2)NC(=O)C2CC(OC(=O)c3ccc4c(c3)OCO4)CN2C1=O. The zero-order valence-electron chi connectivity index (χ0n) is 28.4. The number of esters is 1. The average Bonchev–Trinajstić information content (AvgIpc) is 3.92. The Hall–Kier alpha value is -4.34. The number of benzene rings is 1. The third-order valence-corrected chi connectivity index (χ3v) is 11.2. The van der Waals surface area contributed by atoms with E-state index in [2.05, 4.69) is 15.4 Å². The Bertz CT molecular complexity index is 1690. The molecule has 5 aliphatic rings. The monoisotopic (exact) mass is 716 g/mol. The number of carbonyl (C=O) groups is 5. The molecule has 1 aromatic rings. The highest BCUT2D eigenvalue weighted by atomic mass is 32.2. The first-order chi connectivity index (χ1) is 23.6. The van der Waals surface area contributed by atoms with Gasteiger partial charge in [0.05, 0.1) is 17.4 Å². The van der Waals surface area contributed by atoms with E-state index in [1.54, 1.807) is 26.8 Å². The van der Waals surface area contributed by atoms with E-state index in [9.17, 15) is 32.4 Å². The van der Waals surface area contributed by atoms with Crippen molar-refractivity contribution >= 4 is 39.8 Å². The van der Waals surface area contributed by atoms with E-state index in [1.165, 1.54) is 17.0 Å². The summed E-state index contributed by atoms with van der Waals surface area (Å²) in [6.07, 6.45) is 6.01. The summed E-state index contributed by atoms with van der Waals surface area (Å²) in [4.78, 5) is 69.3. The molecule has 2 saturated carbocycles. The molecule has 0 aromatic heterocycles. The maximum atomic E-state index is 14.2. The molecule has 1 aromatic carbocycles. The lowest BCUT2D eigenvalue weighted by atomic mass is 10.0. The standard InChI is InChI=1S/C34H44N4O11S/c1-33(2,3)49-32(43)35-24-10-8-6-4-5-7-9-21-17-34(21,31(42)37-50(44,45)23-12-13-23)36-28(39)25-16-22(18-38(25)29(24)40)48-30(41)20-11-14-26-27(15-20)47-19-46-26/h7,9,11,14-15,21-25H,4-6,8,10,12-13,16-19H2,1-3H3,(H,35,43)(H,36,39)(H,37,42). The van der Waals surface area contributed by atoms with Crippen LogP contribution in [0.3, 0.4) is 0 Å². The Morgan fingerprint density at radius 2 is 1.80 bits per heavy atom. The zero-order chi connectivity index (χ0) is 35.8. The number of carbonyl (C=O) groups excluding carboxylic acids is 5. The molecule has 1 saturated heterocycles. The van der Waals surface area contributed by atoms with Crippen molar-refractivity contribution in [3.63, 3.8) is 0 Å². The van der Waals surface area contributed by atoms with Gasteiger partial charge in [0.1, 0.15) is 29.3 Å².